The molecule has 0 aliphatic carbocycles. The van der Waals surface area contributed by atoms with Crippen LogP contribution in [-0.2, 0) is 19.3 Å². The Labute approximate surface area is 122 Å². The van der Waals surface area contributed by atoms with Crippen molar-refractivity contribution >= 4 is 0 Å². The molecule has 1 aromatic rings. The molecule has 1 aliphatic heterocycles. The third kappa shape index (κ3) is 3.21. The van der Waals surface area contributed by atoms with Crippen LogP contribution in [0.5, 0.6) is 0 Å². The molecular weight excluding hydrogens is 283 g/mol. The maximum Gasteiger partial charge on any atom is 0.451 e. The van der Waals surface area contributed by atoms with Crippen LogP contribution in [0.15, 0.2) is 0 Å². The highest BCUT2D eigenvalue weighted by molar-refractivity contribution is 5.03. The van der Waals surface area contributed by atoms with Crippen LogP contribution in [0.4, 0.5) is 13.2 Å². The Morgan fingerprint density at radius 1 is 1.19 bits per heavy atom. The predicted molar refractivity (Wildman–Crippen MR) is 72.3 cm³/mol. The summed E-state index contributed by atoms with van der Waals surface area (Å²) in [6.45, 7) is 5.92. The summed E-state index contributed by atoms with van der Waals surface area (Å²) < 4.78 is 39.6. The molecule has 0 fully saturated rings. The fourth-order valence-corrected chi connectivity index (χ4v) is 3.14. The normalized spacial score (nSPS) is 18.0. The zero-order valence-corrected chi connectivity index (χ0v) is 12.4. The lowest BCUT2D eigenvalue weighted by molar-refractivity contribution is -0.148. The van der Waals surface area contributed by atoms with Gasteiger partial charge in [0, 0.05) is 25.7 Å². The SMILES string of the molecule is CCC(CC)C(CN)N1CCn2c(nnc2C(F)(F)F)C1. The Bertz CT molecular complexity index is 467. The number of hydrogen-bond acceptors (Lipinski definition) is 4. The molecule has 2 heterocycles. The zero-order valence-electron chi connectivity index (χ0n) is 12.4. The first kappa shape index (κ1) is 16.2. The molecule has 8 heteroatoms. The van der Waals surface area contributed by atoms with Gasteiger partial charge in [-0.2, -0.15) is 13.2 Å². The molecule has 0 saturated heterocycles. The molecule has 0 spiro atoms. The average Bonchev–Trinajstić information content (AvgIpc) is 2.87. The summed E-state index contributed by atoms with van der Waals surface area (Å²) in [5, 5.41) is 7.02. The molecule has 2 rings (SSSR count). The number of rotatable bonds is 5. The summed E-state index contributed by atoms with van der Waals surface area (Å²) >= 11 is 0. The first-order chi connectivity index (χ1) is 9.92. The summed E-state index contributed by atoms with van der Waals surface area (Å²) in [6.07, 6.45) is -2.43. The van der Waals surface area contributed by atoms with Crippen LogP contribution in [0, 0.1) is 5.92 Å². The maximum absolute atomic E-state index is 12.8. The van der Waals surface area contributed by atoms with Gasteiger partial charge in [-0.05, 0) is 5.92 Å². The molecule has 120 valence electrons. The Kier molecular flexibility index (Phi) is 4.88. The minimum Gasteiger partial charge on any atom is -0.329 e. The lowest BCUT2D eigenvalue weighted by Crippen LogP contribution is -2.48. The summed E-state index contributed by atoms with van der Waals surface area (Å²) in [5.74, 6) is -0.0754. The number of fused-ring (bicyclic) bond motifs is 1. The molecule has 1 atom stereocenters. The van der Waals surface area contributed by atoms with E-state index in [-0.39, 0.29) is 12.6 Å². The maximum atomic E-state index is 12.8. The molecule has 0 bridgehead atoms. The van der Waals surface area contributed by atoms with Crippen LogP contribution in [0.25, 0.3) is 0 Å². The first-order valence-corrected chi connectivity index (χ1v) is 7.35. The van der Waals surface area contributed by atoms with Crippen molar-refractivity contribution in [1.82, 2.24) is 19.7 Å². The summed E-state index contributed by atoms with van der Waals surface area (Å²) in [5.41, 5.74) is 5.89. The molecule has 0 amide bonds. The van der Waals surface area contributed by atoms with Crippen molar-refractivity contribution in [2.24, 2.45) is 11.7 Å². The highest BCUT2D eigenvalue weighted by Crippen LogP contribution is 2.30. The fourth-order valence-electron chi connectivity index (χ4n) is 3.14. The van der Waals surface area contributed by atoms with E-state index in [2.05, 4.69) is 28.9 Å². The second kappa shape index (κ2) is 6.31. The van der Waals surface area contributed by atoms with Crippen molar-refractivity contribution < 1.29 is 13.2 Å². The summed E-state index contributed by atoms with van der Waals surface area (Å²) in [7, 11) is 0. The Morgan fingerprint density at radius 2 is 1.86 bits per heavy atom. The molecule has 1 aliphatic rings. The van der Waals surface area contributed by atoms with Crippen molar-refractivity contribution in [3.8, 4) is 0 Å². The second-order valence-electron chi connectivity index (χ2n) is 5.44. The van der Waals surface area contributed by atoms with E-state index in [9.17, 15) is 13.2 Å². The van der Waals surface area contributed by atoms with Gasteiger partial charge in [0.1, 0.15) is 5.82 Å². The average molecular weight is 305 g/mol. The number of aromatic nitrogens is 3. The van der Waals surface area contributed by atoms with Crippen molar-refractivity contribution in [1.29, 1.82) is 0 Å². The minimum atomic E-state index is -4.45. The highest BCUT2D eigenvalue weighted by atomic mass is 19.4. The van der Waals surface area contributed by atoms with E-state index < -0.39 is 12.0 Å². The summed E-state index contributed by atoms with van der Waals surface area (Å²) in [4.78, 5) is 2.14. The van der Waals surface area contributed by atoms with E-state index in [1.54, 1.807) is 0 Å². The molecular formula is C13H22F3N5. The van der Waals surface area contributed by atoms with Gasteiger partial charge >= 0.3 is 6.18 Å². The van der Waals surface area contributed by atoms with Gasteiger partial charge in [-0.15, -0.1) is 10.2 Å². The van der Waals surface area contributed by atoms with E-state index in [0.717, 1.165) is 12.8 Å². The lowest BCUT2D eigenvalue weighted by atomic mass is 9.92. The van der Waals surface area contributed by atoms with E-state index in [1.807, 2.05) is 0 Å². The van der Waals surface area contributed by atoms with E-state index in [1.165, 1.54) is 4.57 Å². The van der Waals surface area contributed by atoms with Crippen molar-refractivity contribution in [2.45, 2.75) is 52.0 Å². The van der Waals surface area contributed by atoms with Crippen LogP contribution >= 0.6 is 0 Å². The van der Waals surface area contributed by atoms with Gasteiger partial charge in [-0.1, -0.05) is 26.7 Å². The molecule has 0 radical (unpaired) electrons. The Balaban J connectivity index is 2.18. The molecule has 1 aromatic heterocycles. The van der Waals surface area contributed by atoms with Gasteiger partial charge in [0.15, 0.2) is 0 Å². The number of halogens is 3. The van der Waals surface area contributed by atoms with Crippen molar-refractivity contribution in [3.05, 3.63) is 11.6 Å². The molecule has 2 N–H and O–H groups in total. The van der Waals surface area contributed by atoms with E-state index in [4.69, 9.17) is 5.73 Å². The second-order valence-corrected chi connectivity index (χ2v) is 5.44. The van der Waals surface area contributed by atoms with Gasteiger partial charge in [-0.25, -0.2) is 0 Å². The van der Waals surface area contributed by atoms with E-state index in [0.29, 0.717) is 31.4 Å². The monoisotopic (exact) mass is 305 g/mol. The Morgan fingerprint density at radius 3 is 2.38 bits per heavy atom. The number of alkyl halides is 3. The van der Waals surface area contributed by atoms with Gasteiger partial charge in [0.25, 0.3) is 0 Å². The van der Waals surface area contributed by atoms with Gasteiger partial charge in [0.05, 0.1) is 6.54 Å². The van der Waals surface area contributed by atoms with Crippen LogP contribution in [0.3, 0.4) is 0 Å². The first-order valence-electron chi connectivity index (χ1n) is 7.35. The molecule has 1 unspecified atom stereocenters. The van der Waals surface area contributed by atoms with E-state index >= 15 is 0 Å². The molecule has 5 nitrogen and oxygen atoms in total. The standard InChI is InChI=1S/C13H22F3N5/c1-3-9(4-2)10(7-17)20-5-6-21-11(8-20)18-19-12(21)13(14,15)16/h9-10H,3-8,17H2,1-2H3. The van der Waals surface area contributed by atoms with Crippen LogP contribution in [-0.4, -0.2) is 38.8 Å². The zero-order chi connectivity index (χ0) is 15.6. The predicted octanol–water partition coefficient (Wildman–Crippen LogP) is 1.88. The van der Waals surface area contributed by atoms with Gasteiger partial charge in [0.2, 0.25) is 5.82 Å². The molecule has 0 saturated carbocycles. The van der Waals surface area contributed by atoms with Gasteiger partial charge in [-0.3, -0.25) is 4.90 Å². The van der Waals surface area contributed by atoms with Crippen molar-refractivity contribution in [2.75, 3.05) is 13.1 Å². The van der Waals surface area contributed by atoms with Crippen LogP contribution in [0.2, 0.25) is 0 Å². The topological polar surface area (TPSA) is 60.0 Å². The van der Waals surface area contributed by atoms with Crippen LogP contribution < -0.4 is 5.73 Å². The smallest absolute Gasteiger partial charge is 0.329 e. The van der Waals surface area contributed by atoms with Crippen LogP contribution in [0.1, 0.15) is 38.3 Å². The molecule has 0 aromatic carbocycles. The molecule has 21 heavy (non-hydrogen) atoms. The largest absolute Gasteiger partial charge is 0.451 e. The van der Waals surface area contributed by atoms with Crippen molar-refractivity contribution in [3.63, 3.8) is 0 Å². The lowest BCUT2D eigenvalue weighted by Gasteiger charge is -2.38. The number of hydrogen-bond donors (Lipinski definition) is 1. The highest BCUT2D eigenvalue weighted by Gasteiger charge is 2.40. The Hall–Kier alpha value is -1.15. The van der Waals surface area contributed by atoms with Gasteiger partial charge < -0.3 is 10.3 Å². The number of nitrogens with zero attached hydrogens (tertiary/aromatic N) is 4. The summed E-state index contributed by atoms with van der Waals surface area (Å²) in [6, 6.07) is 0.180. The minimum absolute atomic E-state index is 0.180. The quantitative estimate of drug-likeness (QED) is 0.902. The number of nitrogens with two attached hydrogens (primary N) is 1. The fraction of sp³-hybridized carbons (Fsp3) is 0.846. The third-order valence-corrected chi connectivity index (χ3v) is 4.34. The third-order valence-electron chi connectivity index (χ3n) is 4.34.